The third kappa shape index (κ3) is 10.6. The van der Waals surface area contributed by atoms with Crippen molar-refractivity contribution in [3.05, 3.63) is 0 Å². The molecule has 0 saturated carbocycles. The number of amides is 1. The monoisotopic (exact) mass is 268 g/mol. The molecule has 1 unspecified atom stereocenters. The van der Waals surface area contributed by atoms with Crippen LogP contribution in [0, 0.1) is 0 Å². The van der Waals surface area contributed by atoms with Gasteiger partial charge in [-0.3, -0.25) is 4.79 Å². The minimum absolute atomic E-state index is 0. The molecule has 0 aromatic heterocycles. The van der Waals surface area contributed by atoms with Crippen LogP contribution in [0.1, 0.15) is 33.1 Å². The van der Waals surface area contributed by atoms with Crippen LogP contribution in [0.5, 0.6) is 0 Å². The van der Waals surface area contributed by atoms with Gasteiger partial charge in [-0.05, 0) is 39.1 Å². The molecule has 16 heavy (non-hydrogen) atoms. The first-order chi connectivity index (χ1) is 7.22. The number of hydrogen-bond acceptors (Lipinski definition) is 3. The lowest BCUT2D eigenvalue weighted by atomic mass is 10.4. The third-order valence-corrected chi connectivity index (χ3v) is 3.38. The summed E-state index contributed by atoms with van der Waals surface area (Å²) in [7, 11) is 1.92. The molecule has 0 aliphatic carbocycles. The molecular formula is C11H25ClN2OS. The second kappa shape index (κ2) is 13.1. The van der Waals surface area contributed by atoms with E-state index in [-0.39, 0.29) is 23.6 Å². The van der Waals surface area contributed by atoms with Crippen molar-refractivity contribution < 1.29 is 4.79 Å². The number of unbranched alkanes of at least 4 members (excludes halogenated alkanes) is 1. The summed E-state index contributed by atoms with van der Waals surface area (Å²) in [4.78, 5) is 11.5. The fourth-order valence-corrected chi connectivity index (χ4v) is 2.14. The highest BCUT2D eigenvalue weighted by Gasteiger charge is 2.11. The molecule has 0 spiro atoms. The fourth-order valence-electron chi connectivity index (χ4n) is 1.10. The Hall–Kier alpha value is 0.0700. The van der Waals surface area contributed by atoms with Gasteiger partial charge in [0.25, 0.3) is 0 Å². The average Bonchev–Trinajstić information content (AvgIpc) is 2.24. The number of nitrogens with one attached hydrogen (secondary N) is 2. The zero-order valence-electron chi connectivity index (χ0n) is 10.5. The van der Waals surface area contributed by atoms with Crippen molar-refractivity contribution in [2.45, 2.75) is 38.4 Å². The molecule has 3 nitrogen and oxygen atoms in total. The number of carbonyl (C=O) groups is 1. The summed E-state index contributed by atoms with van der Waals surface area (Å²) < 4.78 is 0. The van der Waals surface area contributed by atoms with Crippen molar-refractivity contribution in [2.24, 2.45) is 0 Å². The topological polar surface area (TPSA) is 41.1 Å². The minimum atomic E-state index is 0. The first-order valence-corrected chi connectivity index (χ1v) is 6.81. The highest BCUT2D eigenvalue weighted by Crippen LogP contribution is 2.12. The molecule has 98 valence electrons. The first-order valence-electron chi connectivity index (χ1n) is 5.76. The van der Waals surface area contributed by atoms with E-state index in [4.69, 9.17) is 0 Å². The van der Waals surface area contributed by atoms with E-state index in [0.29, 0.717) is 0 Å². The minimum Gasteiger partial charge on any atom is -0.355 e. The molecule has 1 atom stereocenters. The maximum absolute atomic E-state index is 11.5. The molecule has 0 bridgehead atoms. The van der Waals surface area contributed by atoms with Crippen LogP contribution < -0.4 is 10.6 Å². The Labute approximate surface area is 110 Å². The van der Waals surface area contributed by atoms with E-state index in [1.807, 2.05) is 14.0 Å². The molecule has 0 aliphatic heterocycles. The van der Waals surface area contributed by atoms with Gasteiger partial charge in [-0.1, -0.05) is 13.3 Å². The van der Waals surface area contributed by atoms with E-state index in [1.54, 1.807) is 11.8 Å². The van der Waals surface area contributed by atoms with Gasteiger partial charge in [-0.25, -0.2) is 0 Å². The predicted octanol–water partition coefficient (Wildman–Crippen LogP) is 2.06. The van der Waals surface area contributed by atoms with Gasteiger partial charge in [0.1, 0.15) is 0 Å². The lowest BCUT2D eigenvalue weighted by Gasteiger charge is -2.11. The largest absolute Gasteiger partial charge is 0.355 e. The molecular weight excluding hydrogens is 244 g/mol. The van der Waals surface area contributed by atoms with E-state index in [9.17, 15) is 4.79 Å². The maximum Gasteiger partial charge on any atom is 0.232 e. The van der Waals surface area contributed by atoms with Crippen molar-refractivity contribution in [3.8, 4) is 0 Å². The third-order valence-electron chi connectivity index (χ3n) is 2.14. The number of hydrogen-bond donors (Lipinski definition) is 2. The molecule has 5 heteroatoms. The van der Waals surface area contributed by atoms with Crippen LogP contribution >= 0.6 is 24.2 Å². The van der Waals surface area contributed by atoms with Gasteiger partial charge < -0.3 is 10.6 Å². The lowest BCUT2D eigenvalue weighted by Crippen LogP contribution is -2.32. The Morgan fingerprint density at radius 2 is 2.00 bits per heavy atom. The summed E-state index contributed by atoms with van der Waals surface area (Å²) in [6, 6.07) is 0. The number of halogens is 1. The molecule has 0 rings (SSSR count). The van der Waals surface area contributed by atoms with Gasteiger partial charge in [0.2, 0.25) is 5.91 Å². The van der Waals surface area contributed by atoms with Crippen molar-refractivity contribution in [3.63, 3.8) is 0 Å². The van der Waals surface area contributed by atoms with E-state index in [0.717, 1.165) is 25.3 Å². The van der Waals surface area contributed by atoms with Crippen LogP contribution in [0.15, 0.2) is 0 Å². The van der Waals surface area contributed by atoms with Crippen molar-refractivity contribution >= 4 is 30.1 Å². The number of carbonyl (C=O) groups excluding carboxylic acids is 1. The number of thioether (sulfide) groups is 1. The van der Waals surface area contributed by atoms with Crippen LogP contribution in [0.3, 0.4) is 0 Å². The molecule has 0 aliphatic rings. The fraction of sp³-hybridized carbons (Fsp3) is 0.909. The quantitative estimate of drug-likeness (QED) is 0.629. The predicted molar refractivity (Wildman–Crippen MR) is 75.6 cm³/mol. The highest BCUT2D eigenvalue weighted by molar-refractivity contribution is 8.00. The van der Waals surface area contributed by atoms with Gasteiger partial charge in [-0.2, -0.15) is 0 Å². The second-order valence-corrected chi connectivity index (χ2v) is 5.06. The van der Waals surface area contributed by atoms with Gasteiger partial charge >= 0.3 is 0 Å². The summed E-state index contributed by atoms with van der Waals surface area (Å²) in [6.07, 6.45) is 3.39. The zero-order chi connectivity index (χ0) is 11.5. The Kier molecular flexibility index (Phi) is 15.1. The summed E-state index contributed by atoms with van der Waals surface area (Å²) in [5.41, 5.74) is 0. The standard InChI is InChI=1S/C11H24N2OS.ClH/c1-4-5-9-15-10(2)11(14)13-8-6-7-12-3;/h10,12H,4-9H2,1-3H3,(H,13,14);1H. The Balaban J connectivity index is 0. The second-order valence-electron chi connectivity index (χ2n) is 3.61. The molecule has 0 aromatic rings. The van der Waals surface area contributed by atoms with E-state index in [1.165, 1.54) is 12.8 Å². The lowest BCUT2D eigenvalue weighted by molar-refractivity contribution is -0.120. The molecule has 0 radical (unpaired) electrons. The van der Waals surface area contributed by atoms with Gasteiger partial charge in [0, 0.05) is 6.54 Å². The van der Waals surface area contributed by atoms with Crippen LogP contribution in [0.4, 0.5) is 0 Å². The summed E-state index contributed by atoms with van der Waals surface area (Å²) in [6.45, 7) is 5.88. The molecule has 1 amide bonds. The van der Waals surface area contributed by atoms with E-state index < -0.39 is 0 Å². The molecule has 0 aromatic carbocycles. The van der Waals surface area contributed by atoms with Crippen molar-refractivity contribution in [1.29, 1.82) is 0 Å². The van der Waals surface area contributed by atoms with Crippen LogP contribution in [-0.4, -0.2) is 37.0 Å². The average molecular weight is 269 g/mol. The Morgan fingerprint density at radius 3 is 2.56 bits per heavy atom. The van der Waals surface area contributed by atoms with Crippen LogP contribution in [-0.2, 0) is 4.79 Å². The summed E-state index contributed by atoms with van der Waals surface area (Å²) in [5.74, 6) is 1.26. The van der Waals surface area contributed by atoms with Crippen LogP contribution in [0.25, 0.3) is 0 Å². The molecule has 2 N–H and O–H groups in total. The van der Waals surface area contributed by atoms with E-state index in [2.05, 4.69) is 17.6 Å². The maximum atomic E-state index is 11.5. The smallest absolute Gasteiger partial charge is 0.232 e. The van der Waals surface area contributed by atoms with Crippen molar-refractivity contribution in [1.82, 2.24) is 10.6 Å². The Morgan fingerprint density at radius 1 is 1.31 bits per heavy atom. The SMILES string of the molecule is CCCCSC(C)C(=O)NCCCNC.Cl. The molecule has 0 saturated heterocycles. The van der Waals surface area contributed by atoms with Crippen LogP contribution in [0.2, 0.25) is 0 Å². The normalized spacial score (nSPS) is 11.7. The first kappa shape index (κ1) is 18.4. The zero-order valence-corrected chi connectivity index (χ0v) is 12.2. The van der Waals surface area contributed by atoms with E-state index >= 15 is 0 Å². The summed E-state index contributed by atoms with van der Waals surface area (Å²) in [5, 5.41) is 6.09. The Bertz CT molecular complexity index is 170. The number of rotatable bonds is 9. The summed E-state index contributed by atoms with van der Waals surface area (Å²) >= 11 is 1.75. The van der Waals surface area contributed by atoms with Crippen molar-refractivity contribution in [2.75, 3.05) is 25.9 Å². The van der Waals surface area contributed by atoms with Gasteiger partial charge in [0.05, 0.1) is 5.25 Å². The van der Waals surface area contributed by atoms with Gasteiger partial charge in [-0.15, -0.1) is 24.2 Å². The molecule has 0 heterocycles. The highest BCUT2D eigenvalue weighted by atomic mass is 35.5. The van der Waals surface area contributed by atoms with Gasteiger partial charge in [0.15, 0.2) is 0 Å². The molecule has 0 fully saturated rings.